The van der Waals surface area contributed by atoms with Crippen molar-refractivity contribution in [3.63, 3.8) is 0 Å². The number of sulfone groups is 1. The summed E-state index contributed by atoms with van der Waals surface area (Å²) in [7, 11) is -3.70. The molecule has 0 fully saturated rings. The smallest absolute Gasteiger partial charge is 0.266 e. The fraction of sp³-hybridized carbons (Fsp3) is 0.120. The molecule has 0 spiro atoms. The van der Waals surface area contributed by atoms with Crippen LogP contribution in [0.1, 0.15) is 78.8 Å². The Kier molecular flexibility index (Phi) is 11.2. The Bertz CT molecular complexity index is 3540. The van der Waals surface area contributed by atoms with Gasteiger partial charge in [0.25, 0.3) is 34.7 Å². The Morgan fingerprint density at radius 3 is 1.23 bits per heavy atom. The summed E-state index contributed by atoms with van der Waals surface area (Å²) < 4.78 is 27.9. The topological polar surface area (TPSA) is 178 Å². The quantitative estimate of drug-likeness (QED) is 0.109. The van der Waals surface area contributed by atoms with E-state index in [-0.39, 0.29) is 50.2 Å². The number of fused-ring (bicyclic) bond motifs is 4. The molecule has 16 heteroatoms. The minimum Gasteiger partial charge on any atom is -0.269 e. The van der Waals surface area contributed by atoms with Crippen molar-refractivity contribution >= 4 is 56.5 Å². The monoisotopic (exact) mass is 914 g/mol. The molecule has 4 aromatic heterocycles. The number of thioether (sulfide) groups is 1. The van der Waals surface area contributed by atoms with Crippen LogP contribution in [0.25, 0.3) is 33.5 Å². The largest absolute Gasteiger partial charge is 0.269 e. The minimum absolute atomic E-state index is 0.0220. The Balaban J connectivity index is 0.000000166. The van der Waals surface area contributed by atoms with Crippen LogP contribution in [0.15, 0.2) is 165 Å². The van der Waals surface area contributed by atoms with Gasteiger partial charge in [0.1, 0.15) is 11.3 Å². The third-order valence-corrected chi connectivity index (χ3v) is 13.6. The van der Waals surface area contributed by atoms with Crippen molar-refractivity contribution in [2.75, 3.05) is 12.5 Å². The van der Waals surface area contributed by atoms with Crippen LogP contribution < -0.4 is 11.1 Å². The molecule has 4 amide bonds. The molecule has 8 aromatic rings. The van der Waals surface area contributed by atoms with E-state index in [1.165, 1.54) is 43.8 Å². The van der Waals surface area contributed by atoms with E-state index >= 15 is 0 Å². The molecule has 4 aromatic carbocycles. The third-order valence-electron chi connectivity index (χ3n) is 11.7. The van der Waals surface area contributed by atoms with Crippen LogP contribution in [0.5, 0.6) is 0 Å². The van der Waals surface area contributed by atoms with Gasteiger partial charge in [-0.25, -0.2) is 18.4 Å². The maximum Gasteiger partial charge on any atom is 0.266 e. The molecule has 0 bridgehead atoms. The number of carbonyl (C=O) groups is 4. The zero-order chi connectivity index (χ0) is 46.6. The predicted octanol–water partition coefficient (Wildman–Crippen LogP) is 7.56. The number of rotatable bonds is 8. The summed E-state index contributed by atoms with van der Waals surface area (Å²) in [5.41, 5.74) is 3.17. The predicted molar refractivity (Wildman–Crippen MR) is 249 cm³/mol. The van der Waals surface area contributed by atoms with Gasteiger partial charge in [0.05, 0.1) is 61.7 Å². The first-order chi connectivity index (χ1) is 31.7. The normalized spacial score (nSPS) is 14.3. The van der Waals surface area contributed by atoms with Crippen molar-refractivity contribution in [1.82, 2.24) is 28.6 Å². The molecule has 10 rings (SSSR count). The van der Waals surface area contributed by atoms with Gasteiger partial charge in [-0.05, 0) is 80.8 Å². The Morgan fingerprint density at radius 1 is 0.470 bits per heavy atom. The number of hydrogen-bond donors (Lipinski definition) is 0. The molecule has 2 aliphatic heterocycles. The van der Waals surface area contributed by atoms with Gasteiger partial charge < -0.3 is 0 Å². The Morgan fingerprint density at radius 2 is 0.818 bits per heavy atom. The van der Waals surface area contributed by atoms with E-state index in [0.717, 1.165) is 21.6 Å². The number of nitrogens with zero attached hydrogens (tertiary/aromatic N) is 6. The average Bonchev–Trinajstić information content (AvgIpc) is 3.74. The molecule has 6 heterocycles. The molecular weight excluding hydrogens is 877 g/mol. The van der Waals surface area contributed by atoms with Gasteiger partial charge in [0.2, 0.25) is 0 Å². The number of carbonyl (C=O) groups excluding carboxylic acids is 4. The van der Waals surface area contributed by atoms with Gasteiger partial charge in [-0.15, -0.1) is 11.8 Å². The van der Waals surface area contributed by atoms with E-state index in [4.69, 9.17) is 4.98 Å². The number of hydrogen-bond acceptors (Lipinski definition) is 11. The van der Waals surface area contributed by atoms with Crippen LogP contribution in [0.4, 0.5) is 0 Å². The molecule has 0 saturated carbocycles. The van der Waals surface area contributed by atoms with E-state index in [1.807, 2.05) is 30.5 Å². The average molecular weight is 915 g/mol. The summed E-state index contributed by atoms with van der Waals surface area (Å²) in [5.74, 6) is -1.74. The van der Waals surface area contributed by atoms with Gasteiger partial charge in [-0.3, -0.25) is 47.4 Å². The molecule has 0 N–H and O–H groups in total. The summed E-state index contributed by atoms with van der Waals surface area (Å²) in [6, 6.07) is 35.6. The lowest BCUT2D eigenvalue weighted by atomic mass is 10.0. The molecule has 0 radical (unpaired) electrons. The highest BCUT2D eigenvalue weighted by molar-refractivity contribution is 7.98. The van der Waals surface area contributed by atoms with Crippen LogP contribution >= 0.6 is 11.8 Å². The number of aromatic nitrogens is 4. The molecule has 14 nitrogen and oxygen atoms in total. The Hall–Kier alpha value is -7.82. The molecule has 0 aliphatic carbocycles. The SMILES string of the molecule is CC(c1nc2ccccn2c(=O)c1-c1ccccc1S(C)(=O)=O)N1C(=O)c2ccccc2C1=O.CSc1ccccc1-c1c(C(C)N2C(=O)c3ccccc3C2=O)nc2ccccn2c1=O. The number of benzene rings is 4. The standard InChI is InChI=1S/C25H19N3O5S.C25H19N3O3S/c1-15(28-23(29)16-9-3-4-10-17(16)24(28)30)22-21(18-11-5-6-12-19(18)34(2,32)33)25(31)27-14-8-7-13-20(27)26-22;1-15(28-23(29)16-9-3-4-10-17(16)24(28)30)22-21(18-11-5-6-12-19(18)32-2)25(31)27-14-8-7-13-20(27)26-22/h3-15H,1-2H3;3-15H,1-2H3. The second-order valence-electron chi connectivity index (χ2n) is 15.6. The van der Waals surface area contributed by atoms with Gasteiger partial charge in [0, 0.05) is 34.7 Å². The second-order valence-corrected chi connectivity index (χ2v) is 18.4. The lowest BCUT2D eigenvalue weighted by Crippen LogP contribution is -2.35. The highest BCUT2D eigenvalue weighted by atomic mass is 32.2. The highest BCUT2D eigenvalue weighted by Gasteiger charge is 2.42. The molecule has 0 saturated heterocycles. The first-order valence-corrected chi connectivity index (χ1v) is 23.7. The molecular formula is C50H38N6O8S2. The first kappa shape index (κ1) is 43.4. The van der Waals surface area contributed by atoms with Crippen LogP contribution in [-0.4, -0.2) is 73.1 Å². The summed E-state index contributed by atoms with van der Waals surface area (Å²) in [6.45, 7) is 3.35. The van der Waals surface area contributed by atoms with Crippen LogP contribution in [0, 0.1) is 0 Å². The zero-order valence-corrected chi connectivity index (χ0v) is 37.4. The van der Waals surface area contributed by atoms with Crippen molar-refractivity contribution in [2.24, 2.45) is 0 Å². The summed E-state index contributed by atoms with van der Waals surface area (Å²) in [4.78, 5) is 92.4. The molecule has 328 valence electrons. The van der Waals surface area contributed by atoms with Crippen molar-refractivity contribution in [3.05, 3.63) is 200 Å². The van der Waals surface area contributed by atoms with Gasteiger partial charge in [-0.2, -0.15) is 0 Å². The van der Waals surface area contributed by atoms with E-state index < -0.39 is 39.3 Å². The zero-order valence-electron chi connectivity index (χ0n) is 35.8. The van der Waals surface area contributed by atoms with Crippen LogP contribution in [0.2, 0.25) is 0 Å². The van der Waals surface area contributed by atoms with Gasteiger partial charge >= 0.3 is 0 Å². The molecule has 2 aliphatic rings. The van der Waals surface area contributed by atoms with Crippen molar-refractivity contribution in [1.29, 1.82) is 0 Å². The fourth-order valence-corrected chi connectivity index (χ4v) is 10.0. The summed E-state index contributed by atoms with van der Waals surface area (Å²) >= 11 is 1.52. The Labute approximate surface area is 381 Å². The highest BCUT2D eigenvalue weighted by Crippen LogP contribution is 2.38. The first-order valence-electron chi connectivity index (χ1n) is 20.6. The van der Waals surface area contributed by atoms with Crippen LogP contribution in [0.3, 0.4) is 0 Å². The van der Waals surface area contributed by atoms with E-state index in [9.17, 15) is 37.2 Å². The second kappa shape index (κ2) is 17.0. The van der Waals surface area contributed by atoms with E-state index in [0.29, 0.717) is 33.7 Å². The lowest BCUT2D eigenvalue weighted by Gasteiger charge is -2.24. The molecule has 66 heavy (non-hydrogen) atoms. The summed E-state index contributed by atoms with van der Waals surface area (Å²) in [6.07, 6.45) is 6.21. The maximum atomic E-state index is 13.7. The fourth-order valence-electron chi connectivity index (χ4n) is 8.53. The lowest BCUT2D eigenvalue weighted by molar-refractivity contribution is 0.0577. The maximum absolute atomic E-state index is 13.7. The number of pyridine rings is 2. The minimum atomic E-state index is -3.70. The van der Waals surface area contributed by atoms with Gasteiger partial charge in [-0.1, -0.05) is 72.8 Å². The van der Waals surface area contributed by atoms with E-state index in [1.54, 1.807) is 117 Å². The number of amides is 4. The third kappa shape index (κ3) is 7.20. The van der Waals surface area contributed by atoms with Crippen molar-refractivity contribution in [3.8, 4) is 22.3 Å². The van der Waals surface area contributed by atoms with Crippen molar-refractivity contribution < 1.29 is 27.6 Å². The van der Waals surface area contributed by atoms with Crippen molar-refractivity contribution in [2.45, 2.75) is 35.7 Å². The number of imide groups is 2. The summed E-state index contributed by atoms with van der Waals surface area (Å²) in [5, 5.41) is 0. The van der Waals surface area contributed by atoms with Gasteiger partial charge in [0.15, 0.2) is 9.84 Å². The van der Waals surface area contributed by atoms with E-state index in [2.05, 4.69) is 4.98 Å². The molecule has 2 atom stereocenters. The molecule has 2 unspecified atom stereocenters. The van der Waals surface area contributed by atoms with Crippen LogP contribution in [-0.2, 0) is 9.84 Å².